The molecular weight excluding hydrogens is 487 g/mol. The van der Waals surface area contributed by atoms with Crippen LogP contribution in [0.1, 0.15) is 26.3 Å². The minimum atomic E-state index is -0.718. The number of nitrogens with one attached hydrogen (secondary N) is 1. The van der Waals surface area contributed by atoms with Crippen molar-refractivity contribution in [2.75, 3.05) is 13.2 Å². The predicted octanol–water partition coefficient (Wildman–Crippen LogP) is 5.31. The molecule has 0 bridgehead atoms. The second-order valence-corrected chi connectivity index (χ2v) is 9.14. The number of benzene rings is 3. The van der Waals surface area contributed by atoms with Crippen molar-refractivity contribution in [1.82, 2.24) is 10.2 Å². The molecule has 0 aromatic heterocycles. The molecular formula is C26H28BrFN2O3. The van der Waals surface area contributed by atoms with Crippen molar-refractivity contribution < 1.29 is 18.7 Å². The van der Waals surface area contributed by atoms with Crippen LogP contribution in [-0.4, -0.2) is 35.9 Å². The first-order chi connectivity index (χ1) is 15.8. The molecule has 0 aliphatic carbocycles. The third-order valence-corrected chi connectivity index (χ3v) is 6.11. The second-order valence-electron chi connectivity index (χ2n) is 8.35. The molecule has 0 fully saturated rings. The number of carbonyl (C=O) groups is 2. The lowest BCUT2D eigenvalue weighted by molar-refractivity contribution is -0.142. The average Bonchev–Trinajstić information content (AvgIpc) is 2.81. The summed E-state index contributed by atoms with van der Waals surface area (Å²) in [5.41, 5.74) is 0.722. The summed E-state index contributed by atoms with van der Waals surface area (Å²) >= 11 is 3.57. The smallest absolute Gasteiger partial charge is 0.261 e. The van der Waals surface area contributed by atoms with Gasteiger partial charge in [-0.3, -0.25) is 9.59 Å². The largest absolute Gasteiger partial charge is 0.483 e. The van der Waals surface area contributed by atoms with Crippen molar-refractivity contribution in [2.24, 2.45) is 5.92 Å². The summed E-state index contributed by atoms with van der Waals surface area (Å²) in [6, 6.07) is 16.8. The minimum absolute atomic E-state index is 0.164. The highest BCUT2D eigenvalue weighted by Gasteiger charge is 2.26. The Labute approximate surface area is 202 Å². The first-order valence-electron chi connectivity index (χ1n) is 10.9. The molecule has 3 aromatic carbocycles. The Morgan fingerprint density at radius 2 is 1.73 bits per heavy atom. The number of fused-ring (bicyclic) bond motifs is 1. The van der Waals surface area contributed by atoms with Gasteiger partial charge in [0.2, 0.25) is 5.91 Å². The Hall–Kier alpha value is -2.93. The maximum Gasteiger partial charge on any atom is 0.261 e. The van der Waals surface area contributed by atoms with Gasteiger partial charge in [0.15, 0.2) is 6.61 Å². The fourth-order valence-electron chi connectivity index (χ4n) is 3.37. The van der Waals surface area contributed by atoms with Crippen LogP contribution < -0.4 is 10.1 Å². The van der Waals surface area contributed by atoms with Crippen LogP contribution in [0.4, 0.5) is 4.39 Å². The molecule has 1 N–H and O–H groups in total. The van der Waals surface area contributed by atoms with E-state index in [1.807, 2.05) is 50.2 Å². The molecule has 0 aliphatic heterocycles. The molecule has 5 nitrogen and oxygen atoms in total. The minimum Gasteiger partial charge on any atom is -0.483 e. The van der Waals surface area contributed by atoms with Crippen LogP contribution in [0.5, 0.6) is 5.75 Å². The van der Waals surface area contributed by atoms with Crippen LogP contribution in [0.25, 0.3) is 10.8 Å². The van der Waals surface area contributed by atoms with E-state index in [9.17, 15) is 14.0 Å². The normalized spacial score (nSPS) is 11.9. The van der Waals surface area contributed by atoms with Gasteiger partial charge in [0, 0.05) is 13.1 Å². The number of nitrogens with zero attached hydrogens (tertiary/aromatic N) is 1. The Kier molecular flexibility index (Phi) is 8.44. The van der Waals surface area contributed by atoms with E-state index in [2.05, 4.69) is 21.2 Å². The van der Waals surface area contributed by atoms with Gasteiger partial charge >= 0.3 is 0 Å². The fraction of sp³-hybridized carbons (Fsp3) is 0.308. The van der Waals surface area contributed by atoms with Crippen LogP contribution >= 0.6 is 15.9 Å². The lowest BCUT2D eigenvalue weighted by Gasteiger charge is -2.29. The summed E-state index contributed by atoms with van der Waals surface area (Å²) in [6.07, 6.45) is 0. The summed E-state index contributed by atoms with van der Waals surface area (Å²) in [7, 11) is 0. The monoisotopic (exact) mass is 514 g/mol. The van der Waals surface area contributed by atoms with Gasteiger partial charge < -0.3 is 15.0 Å². The molecule has 0 aliphatic rings. The van der Waals surface area contributed by atoms with Gasteiger partial charge in [-0.1, -0.05) is 56.3 Å². The third kappa shape index (κ3) is 6.54. The highest BCUT2D eigenvalue weighted by Crippen LogP contribution is 2.33. The number of hydrogen-bond acceptors (Lipinski definition) is 3. The maximum absolute atomic E-state index is 13.3. The van der Waals surface area contributed by atoms with Crippen molar-refractivity contribution in [3.05, 3.63) is 76.5 Å². The number of halogens is 2. The first kappa shape index (κ1) is 24.7. The SMILES string of the molecule is CC(C)CNC(=O)[C@@H](C)N(Cc1ccc(F)cc1)C(=O)COc1ccc2ccccc2c1Br. The zero-order valence-electron chi connectivity index (χ0n) is 19.0. The number of amides is 2. The molecule has 3 aromatic rings. The number of hydrogen-bond donors (Lipinski definition) is 1. The molecule has 33 heavy (non-hydrogen) atoms. The summed E-state index contributed by atoms with van der Waals surface area (Å²) in [6.45, 7) is 6.13. The molecule has 0 radical (unpaired) electrons. The van der Waals surface area contributed by atoms with Crippen molar-refractivity contribution in [2.45, 2.75) is 33.4 Å². The summed E-state index contributed by atoms with van der Waals surface area (Å²) in [5, 5.41) is 4.91. The maximum atomic E-state index is 13.3. The van der Waals surface area contributed by atoms with Gasteiger partial charge in [-0.05, 0) is 63.3 Å². The Morgan fingerprint density at radius 3 is 2.42 bits per heavy atom. The van der Waals surface area contributed by atoms with Crippen LogP contribution in [-0.2, 0) is 16.1 Å². The molecule has 174 valence electrons. The van der Waals surface area contributed by atoms with Crippen molar-refractivity contribution in [1.29, 1.82) is 0 Å². The summed E-state index contributed by atoms with van der Waals surface area (Å²) in [4.78, 5) is 27.3. The molecule has 0 heterocycles. The van der Waals surface area contributed by atoms with Crippen LogP contribution in [0, 0.1) is 11.7 Å². The zero-order chi connectivity index (χ0) is 24.0. The summed E-state index contributed by atoms with van der Waals surface area (Å²) < 4.78 is 19.9. The Balaban J connectivity index is 1.77. The fourth-order valence-corrected chi connectivity index (χ4v) is 3.98. The topological polar surface area (TPSA) is 58.6 Å². The highest BCUT2D eigenvalue weighted by atomic mass is 79.9. The van der Waals surface area contributed by atoms with Gasteiger partial charge in [0.25, 0.3) is 5.91 Å². The lowest BCUT2D eigenvalue weighted by Crippen LogP contribution is -2.49. The molecule has 1 atom stereocenters. The zero-order valence-corrected chi connectivity index (χ0v) is 20.6. The molecule has 3 rings (SSSR count). The molecule has 0 saturated carbocycles. The average molecular weight is 515 g/mol. The van der Waals surface area contributed by atoms with Crippen LogP contribution in [0.3, 0.4) is 0 Å². The quantitative estimate of drug-likeness (QED) is 0.420. The molecule has 2 amide bonds. The molecule has 0 unspecified atom stereocenters. The van der Waals surface area contributed by atoms with Gasteiger partial charge in [-0.15, -0.1) is 0 Å². The Morgan fingerprint density at radius 1 is 1.03 bits per heavy atom. The van der Waals surface area contributed by atoms with E-state index >= 15 is 0 Å². The molecule has 0 spiro atoms. The number of carbonyl (C=O) groups excluding carboxylic acids is 2. The van der Waals surface area contributed by atoms with Crippen LogP contribution in [0.2, 0.25) is 0 Å². The van der Waals surface area contributed by atoms with E-state index in [0.717, 1.165) is 20.8 Å². The first-order valence-corrected chi connectivity index (χ1v) is 11.7. The van der Waals surface area contributed by atoms with E-state index in [1.165, 1.54) is 17.0 Å². The van der Waals surface area contributed by atoms with Crippen molar-refractivity contribution >= 4 is 38.5 Å². The standard InChI is InChI=1S/C26H28BrFN2O3/c1-17(2)14-29-26(32)18(3)30(15-19-8-11-21(28)12-9-19)24(31)16-33-23-13-10-20-6-4-5-7-22(20)25(23)27/h4-13,17-18H,14-16H2,1-3H3,(H,29,32)/t18-/m1/s1. The van der Waals surface area contributed by atoms with E-state index in [-0.39, 0.29) is 36.7 Å². The Bertz CT molecular complexity index is 1120. The van der Waals surface area contributed by atoms with E-state index in [0.29, 0.717) is 12.3 Å². The van der Waals surface area contributed by atoms with Crippen molar-refractivity contribution in [3.8, 4) is 5.75 Å². The highest BCUT2D eigenvalue weighted by molar-refractivity contribution is 9.10. The number of rotatable bonds is 9. The molecule has 7 heteroatoms. The van der Waals surface area contributed by atoms with Gasteiger partial charge in [0.05, 0.1) is 4.47 Å². The van der Waals surface area contributed by atoms with E-state index in [1.54, 1.807) is 19.1 Å². The molecule has 0 saturated heterocycles. The third-order valence-electron chi connectivity index (χ3n) is 5.30. The second kappa shape index (κ2) is 11.3. The van der Waals surface area contributed by atoms with Crippen molar-refractivity contribution in [3.63, 3.8) is 0 Å². The van der Waals surface area contributed by atoms with Gasteiger partial charge in [0.1, 0.15) is 17.6 Å². The van der Waals surface area contributed by atoms with Gasteiger partial charge in [-0.2, -0.15) is 0 Å². The summed E-state index contributed by atoms with van der Waals surface area (Å²) in [5.74, 6) is -0.113. The van der Waals surface area contributed by atoms with Crippen LogP contribution in [0.15, 0.2) is 65.1 Å². The predicted molar refractivity (Wildman–Crippen MR) is 131 cm³/mol. The number of ether oxygens (including phenoxy) is 1. The van der Waals surface area contributed by atoms with E-state index < -0.39 is 6.04 Å². The van der Waals surface area contributed by atoms with Gasteiger partial charge in [-0.25, -0.2) is 4.39 Å². The van der Waals surface area contributed by atoms with E-state index in [4.69, 9.17) is 4.74 Å². The lowest BCUT2D eigenvalue weighted by atomic mass is 10.1.